The van der Waals surface area contributed by atoms with Crippen LogP contribution in [0.15, 0.2) is 10.6 Å². The molecule has 6 nitrogen and oxygen atoms in total. The third kappa shape index (κ3) is 4.10. The van der Waals surface area contributed by atoms with Crippen molar-refractivity contribution in [1.82, 2.24) is 9.46 Å². The van der Waals surface area contributed by atoms with Gasteiger partial charge in [0.2, 0.25) is 10.0 Å². The fourth-order valence-corrected chi connectivity index (χ4v) is 3.00. The van der Waals surface area contributed by atoms with Crippen molar-refractivity contribution in [3.05, 3.63) is 17.5 Å². The van der Waals surface area contributed by atoms with E-state index in [1.807, 2.05) is 0 Å². The van der Waals surface area contributed by atoms with Crippen LogP contribution in [-0.4, -0.2) is 42.7 Å². The van der Waals surface area contributed by atoms with Crippen LogP contribution in [-0.2, 0) is 15.8 Å². The number of aliphatic hydroxyl groups is 1. The molecule has 1 N–H and O–H groups in total. The Bertz CT molecular complexity index is 441. The second kappa shape index (κ2) is 6.13. The SMILES string of the molecule is CCN(CCCO)S(=O)(=O)Cc1cc(C)on1. The van der Waals surface area contributed by atoms with Crippen LogP contribution >= 0.6 is 0 Å². The van der Waals surface area contributed by atoms with Crippen molar-refractivity contribution in [2.75, 3.05) is 19.7 Å². The minimum Gasteiger partial charge on any atom is -0.396 e. The van der Waals surface area contributed by atoms with Gasteiger partial charge in [0.05, 0.1) is 0 Å². The molecular formula is C10H18N2O4S. The topological polar surface area (TPSA) is 83.6 Å². The zero-order valence-corrected chi connectivity index (χ0v) is 10.9. The molecule has 0 spiro atoms. The highest BCUT2D eigenvalue weighted by molar-refractivity contribution is 7.88. The second-order valence-corrected chi connectivity index (χ2v) is 5.72. The molecule has 0 aromatic carbocycles. The lowest BCUT2D eigenvalue weighted by Crippen LogP contribution is -2.33. The molecule has 0 bridgehead atoms. The van der Waals surface area contributed by atoms with E-state index in [1.165, 1.54) is 4.31 Å². The van der Waals surface area contributed by atoms with Gasteiger partial charge in [0.15, 0.2) is 0 Å². The maximum atomic E-state index is 12.0. The summed E-state index contributed by atoms with van der Waals surface area (Å²) in [6.07, 6.45) is 0.435. The summed E-state index contributed by atoms with van der Waals surface area (Å²) in [6.45, 7) is 4.18. The highest BCUT2D eigenvalue weighted by Crippen LogP contribution is 2.11. The molecule has 0 aliphatic rings. The van der Waals surface area contributed by atoms with Gasteiger partial charge in [0.25, 0.3) is 0 Å². The number of rotatable bonds is 7. The van der Waals surface area contributed by atoms with Gasteiger partial charge in [-0.05, 0) is 13.3 Å². The first-order chi connectivity index (χ1) is 7.99. The summed E-state index contributed by atoms with van der Waals surface area (Å²) >= 11 is 0. The Morgan fingerprint density at radius 3 is 2.71 bits per heavy atom. The Hall–Kier alpha value is -0.920. The number of hydrogen-bond donors (Lipinski definition) is 1. The van der Waals surface area contributed by atoms with E-state index in [1.54, 1.807) is 19.9 Å². The van der Waals surface area contributed by atoms with Gasteiger partial charge >= 0.3 is 0 Å². The zero-order valence-electron chi connectivity index (χ0n) is 10.1. The Balaban J connectivity index is 2.72. The Morgan fingerprint density at radius 1 is 1.53 bits per heavy atom. The molecule has 0 saturated heterocycles. The minimum absolute atomic E-state index is 0.0188. The fraction of sp³-hybridized carbons (Fsp3) is 0.700. The Kier molecular flexibility index (Phi) is 5.10. The molecule has 1 rings (SSSR count). The first kappa shape index (κ1) is 14.1. The maximum Gasteiger partial charge on any atom is 0.219 e. The second-order valence-electron chi connectivity index (χ2n) is 3.75. The summed E-state index contributed by atoms with van der Waals surface area (Å²) in [5.74, 6) is 0.428. The molecule has 17 heavy (non-hydrogen) atoms. The molecular weight excluding hydrogens is 244 g/mol. The number of nitrogens with zero attached hydrogens (tertiary/aromatic N) is 2. The molecule has 1 aromatic heterocycles. The van der Waals surface area contributed by atoms with Gasteiger partial charge in [-0.2, -0.15) is 0 Å². The van der Waals surface area contributed by atoms with Gasteiger partial charge < -0.3 is 9.63 Å². The lowest BCUT2D eigenvalue weighted by Gasteiger charge is -2.19. The Morgan fingerprint density at radius 2 is 2.24 bits per heavy atom. The standard InChI is InChI=1S/C10H18N2O4S/c1-3-12(5-4-6-13)17(14,15)8-10-7-9(2)16-11-10/h7,13H,3-6,8H2,1-2H3. The first-order valence-corrected chi connectivity index (χ1v) is 7.11. The molecule has 0 amide bonds. The van der Waals surface area contributed by atoms with Crippen LogP contribution in [0.1, 0.15) is 24.8 Å². The van der Waals surface area contributed by atoms with Crippen molar-refractivity contribution >= 4 is 10.0 Å². The summed E-state index contributed by atoms with van der Waals surface area (Å²) < 4.78 is 30.2. The molecule has 98 valence electrons. The van der Waals surface area contributed by atoms with Gasteiger partial charge in [0.1, 0.15) is 17.2 Å². The van der Waals surface area contributed by atoms with Crippen LogP contribution in [0.5, 0.6) is 0 Å². The van der Waals surface area contributed by atoms with E-state index in [-0.39, 0.29) is 12.4 Å². The number of aliphatic hydroxyl groups excluding tert-OH is 1. The van der Waals surface area contributed by atoms with E-state index < -0.39 is 10.0 Å². The smallest absolute Gasteiger partial charge is 0.219 e. The van der Waals surface area contributed by atoms with Crippen molar-refractivity contribution in [3.63, 3.8) is 0 Å². The van der Waals surface area contributed by atoms with Gasteiger partial charge in [-0.3, -0.25) is 0 Å². The molecule has 0 radical (unpaired) electrons. The molecule has 0 aliphatic heterocycles. The number of aryl methyl sites for hydroxylation is 1. The molecule has 0 aliphatic carbocycles. The van der Waals surface area contributed by atoms with Crippen molar-refractivity contribution in [3.8, 4) is 0 Å². The van der Waals surface area contributed by atoms with E-state index in [0.29, 0.717) is 31.0 Å². The predicted octanol–water partition coefficient (Wildman–Crippen LogP) is 0.517. The highest BCUT2D eigenvalue weighted by atomic mass is 32.2. The van der Waals surface area contributed by atoms with Crippen molar-refractivity contribution in [2.45, 2.75) is 26.0 Å². The third-order valence-corrected chi connectivity index (χ3v) is 4.21. The van der Waals surface area contributed by atoms with E-state index in [2.05, 4.69) is 5.16 Å². The predicted molar refractivity (Wildman–Crippen MR) is 62.8 cm³/mol. The molecule has 1 heterocycles. The molecule has 7 heteroatoms. The number of aromatic nitrogens is 1. The third-order valence-electron chi connectivity index (χ3n) is 2.32. The lowest BCUT2D eigenvalue weighted by atomic mass is 10.4. The molecule has 0 unspecified atom stereocenters. The van der Waals surface area contributed by atoms with Gasteiger partial charge in [0, 0.05) is 25.8 Å². The van der Waals surface area contributed by atoms with E-state index in [9.17, 15) is 8.42 Å². The average molecular weight is 262 g/mol. The summed E-state index contributed by atoms with van der Waals surface area (Å²) in [6, 6.07) is 1.61. The summed E-state index contributed by atoms with van der Waals surface area (Å²) in [5.41, 5.74) is 0.407. The van der Waals surface area contributed by atoms with Gasteiger partial charge in [-0.25, -0.2) is 12.7 Å². The quantitative estimate of drug-likeness (QED) is 0.774. The number of hydrogen-bond acceptors (Lipinski definition) is 5. The fourth-order valence-electron chi connectivity index (χ4n) is 1.51. The van der Waals surface area contributed by atoms with E-state index in [4.69, 9.17) is 9.63 Å². The Labute approximate surface area is 101 Å². The van der Waals surface area contributed by atoms with Gasteiger partial charge in [-0.15, -0.1) is 0 Å². The monoisotopic (exact) mass is 262 g/mol. The average Bonchev–Trinajstić information content (AvgIpc) is 2.64. The first-order valence-electron chi connectivity index (χ1n) is 5.50. The molecule has 1 aromatic rings. The van der Waals surface area contributed by atoms with Crippen LogP contribution in [0.4, 0.5) is 0 Å². The molecule has 0 atom stereocenters. The van der Waals surface area contributed by atoms with Crippen molar-refractivity contribution in [1.29, 1.82) is 0 Å². The van der Waals surface area contributed by atoms with E-state index in [0.717, 1.165) is 0 Å². The van der Waals surface area contributed by atoms with E-state index >= 15 is 0 Å². The summed E-state index contributed by atoms with van der Waals surface area (Å²) in [7, 11) is -3.38. The van der Waals surface area contributed by atoms with Crippen molar-refractivity contribution in [2.24, 2.45) is 0 Å². The molecule has 0 saturated carbocycles. The lowest BCUT2D eigenvalue weighted by molar-refractivity contribution is 0.271. The normalized spacial score (nSPS) is 12.2. The number of sulfonamides is 1. The molecule has 0 fully saturated rings. The minimum atomic E-state index is -3.38. The maximum absolute atomic E-state index is 12.0. The summed E-state index contributed by atoms with van der Waals surface area (Å²) in [5, 5.41) is 12.4. The largest absolute Gasteiger partial charge is 0.396 e. The highest BCUT2D eigenvalue weighted by Gasteiger charge is 2.22. The van der Waals surface area contributed by atoms with Crippen LogP contribution in [0.3, 0.4) is 0 Å². The van der Waals surface area contributed by atoms with Crippen LogP contribution < -0.4 is 0 Å². The van der Waals surface area contributed by atoms with Crippen molar-refractivity contribution < 1.29 is 18.0 Å². The summed E-state index contributed by atoms with van der Waals surface area (Å²) in [4.78, 5) is 0. The van der Waals surface area contributed by atoms with Crippen LogP contribution in [0.2, 0.25) is 0 Å². The van der Waals surface area contributed by atoms with Crippen LogP contribution in [0, 0.1) is 6.92 Å². The van der Waals surface area contributed by atoms with Gasteiger partial charge in [-0.1, -0.05) is 12.1 Å². The zero-order chi connectivity index (χ0) is 12.9. The van der Waals surface area contributed by atoms with Crippen LogP contribution in [0.25, 0.3) is 0 Å².